The van der Waals surface area contributed by atoms with Crippen LogP contribution >= 0.6 is 0 Å². The number of benzene rings is 2. The average molecular weight is 406 g/mol. The second-order valence-corrected chi connectivity index (χ2v) is 8.93. The smallest absolute Gasteiger partial charge is 0.407 e. The molecule has 1 amide bonds. The molecule has 30 heavy (non-hydrogen) atoms. The van der Waals surface area contributed by atoms with E-state index in [1.54, 1.807) is 0 Å². The molecule has 3 rings (SSSR count). The molecule has 5 heteroatoms. The highest BCUT2D eigenvalue weighted by Crippen LogP contribution is 2.35. The number of nitrogens with zero attached hydrogens (tertiary/aromatic N) is 2. The molecule has 1 aliphatic rings. The first-order chi connectivity index (χ1) is 14.3. The van der Waals surface area contributed by atoms with Crippen molar-refractivity contribution >= 4 is 6.09 Å². The number of likely N-dealkylation sites (tertiary alicyclic amines) is 1. The number of amides is 1. The molecule has 1 atom stereocenters. The molecule has 1 N–H and O–H groups in total. The normalized spacial score (nSPS) is 17.3. The lowest BCUT2D eigenvalue weighted by Crippen LogP contribution is -2.41. The molecule has 0 bridgehead atoms. The molecule has 2 aromatic carbocycles. The van der Waals surface area contributed by atoms with Crippen LogP contribution in [0.4, 0.5) is 4.79 Å². The van der Waals surface area contributed by atoms with Gasteiger partial charge in [-0.1, -0.05) is 60.7 Å². The minimum absolute atomic E-state index is 0.0739. The van der Waals surface area contributed by atoms with Gasteiger partial charge in [0.25, 0.3) is 0 Å². The summed E-state index contributed by atoms with van der Waals surface area (Å²) < 4.78 is 5.37. The Morgan fingerprint density at radius 1 is 1.10 bits per heavy atom. The van der Waals surface area contributed by atoms with E-state index in [1.165, 1.54) is 0 Å². The summed E-state index contributed by atoms with van der Waals surface area (Å²) >= 11 is 0. The van der Waals surface area contributed by atoms with Gasteiger partial charge in [-0.2, -0.15) is 5.26 Å². The van der Waals surface area contributed by atoms with Crippen LogP contribution in [0.1, 0.15) is 44.7 Å². The number of carbonyl (C=O) groups excluding carboxylic acids is 1. The summed E-state index contributed by atoms with van der Waals surface area (Å²) in [6.07, 6.45) is 1.21. The van der Waals surface area contributed by atoms with Gasteiger partial charge in [0.2, 0.25) is 0 Å². The highest BCUT2D eigenvalue weighted by molar-refractivity contribution is 5.68. The van der Waals surface area contributed by atoms with Gasteiger partial charge in [-0.3, -0.25) is 0 Å². The first-order valence-corrected chi connectivity index (χ1v) is 10.6. The number of ether oxygens (including phenoxy) is 1. The third-order valence-electron chi connectivity index (χ3n) is 5.52. The van der Waals surface area contributed by atoms with Crippen molar-refractivity contribution in [2.24, 2.45) is 0 Å². The van der Waals surface area contributed by atoms with Gasteiger partial charge in [-0.05, 0) is 44.7 Å². The SMILES string of the molecule is CC(C)(C)OC(=O)NC1CCN(CCC(C#N)(c2ccccc2)c2ccccc2)C1. The zero-order valence-electron chi connectivity index (χ0n) is 18.1. The molecule has 1 fully saturated rings. The van der Waals surface area contributed by atoms with Crippen LogP contribution in [-0.2, 0) is 10.2 Å². The quantitative estimate of drug-likeness (QED) is 0.769. The number of alkyl carbamates (subject to hydrolysis) is 1. The van der Waals surface area contributed by atoms with Crippen molar-refractivity contribution in [2.75, 3.05) is 19.6 Å². The van der Waals surface area contributed by atoms with Crippen molar-refractivity contribution in [1.82, 2.24) is 10.2 Å². The summed E-state index contributed by atoms with van der Waals surface area (Å²) in [5.74, 6) is 0. The van der Waals surface area contributed by atoms with Crippen LogP contribution < -0.4 is 5.32 Å². The zero-order chi connectivity index (χ0) is 21.6. The summed E-state index contributed by atoms with van der Waals surface area (Å²) in [5.41, 5.74) is 0.835. The predicted octanol–water partition coefficient (Wildman–Crippen LogP) is 4.49. The minimum atomic E-state index is -0.695. The predicted molar refractivity (Wildman–Crippen MR) is 118 cm³/mol. The second-order valence-electron chi connectivity index (χ2n) is 8.93. The van der Waals surface area contributed by atoms with Gasteiger partial charge >= 0.3 is 6.09 Å². The van der Waals surface area contributed by atoms with Gasteiger partial charge < -0.3 is 15.0 Å². The lowest BCUT2D eigenvalue weighted by Gasteiger charge is -2.30. The van der Waals surface area contributed by atoms with Crippen molar-refractivity contribution in [1.29, 1.82) is 5.26 Å². The average Bonchev–Trinajstić information content (AvgIpc) is 3.16. The number of nitrogens with one attached hydrogen (secondary N) is 1. The van der Waals surface area contributed by atoms with Crippen molar-refractivity contribution in [3.63, 3.8) is 0 Å². The van der Waals surface area contributed by atoms with Crippen molar-refractivity contribution in [3.8, 4) is 6.07 Å². The van der Waals surface area contributed by atoms with E-state index < -0.39 is 11.0 Å². The lowest BCUT2D eigenvalue weighted by atomic mass is 9.73. The first kappa shape index (κ1) is 21.9. The molecule has 0 saturated carbocycles. The van der Waals surface area contributed by atoms with Gasteiger partial charge in [0.05, 0.1) is 6.07 Å². The van der Waals surface area contributed by atoms with Crippen molar-refractivity contribution in [3.05, 3.63) is 71.8 Å². The highest BCUT2D eigenvalue weighted by atomic mass is 16.6. The monoisotopic (exact) mass is 405 g/mol. The molecule has 1 heterocycles. The summed E-state index contributed by atoms with van der Waals surface area (Å²) in [4.78, 5) is 14.4. The van der Waals surface area contributed by atoms with E-state index in [4.69, 9.17) is 4.74 Å². The first-order valence-electron chi connectivity index (χ1n) is 10.6. The Balaban J connectivity index is 1.68. The van der Waals surface area contributed by atoms with Crippen molar-refractivity contribution < 1.29 is 9.53 Å². The Morgan fingerprint density at radius 3 is 2.17 bits per heavy atom. The van der Waals surface area contributed by atoms with Crippen molar-refractivity contribution in [2.45, 2.75) is 50.7 Å². The van der Waals surface area contributed by atoms with Gasteiger partial charge in [-0.25, -0.2) is 4.79 Å². The Bertz CT molecular complexity index is 829. The lowest BCUT2D eigenvalue weighted by molar-refractivity contribution is 0.0506. The maximum absolute atomic E-state index is 12.1. The molecule has 1 saturated heterocycles. The fourth-order valence-electron chi connectivity index (χ4n) is 4.04. The summed E-state index contributed by atoms with van der Waals surface area (Å²) in [5, 5.41) is 13.3. The van der Waals surface area contributed by atoms with E-state index in [9.17, 15) is 10.1 Å². The fourth-order valence-corrected chi connectivity index (χ4v) is 4.04. The molecular weight excluding hydrogens is 374 g/mol. The summed E-state index contributed by atoms with van der Waals surface area (Å²) in [7, 11) is 0. The Labute approximate surface area is 179 Å². The van der Waals surface area contributed by atoms with Gasteiger partial charge in [-0.15, -0.1) is 0 Å². The fraction of sp³-hybridized carbons (Fsp3) is 0.440. The van der Waals surface area contributed by atoms with Crippen LogP contribution in [0.2, 0.25) is 0 Å². The molecule has 158 valence electrons. The number of nitriles is 1. The van der Waals surface area contributed by atoms with Gasteiger partial charge in [0.15, 0.2) is 0 Å². The third-order valence-corrected chi connectivity index (χ3v) is 5.52. The molecular formula is C25H31N3O2. The highest BCUT2D eigenvalue weighted by Gasteiger charge is 2.36. The maximum Gasteiger partial charge on any atom is 0.407 e. The molecule has 1 aliphatic heterocycles. The molecule has 0 radical (unpaired) electrons. The molecule has 1 unspecified atom stereocenters. The maximum atomic E-state index is 12.1. The summed E-state index contributed by atoms with van der Waals surface area (Å²) in [6.45, 7) is 8.03. The number of hydrogen-bond acceptors (Lipinski definition) is 4. The molecule has 0 aliphatic carbocycles. The molecule has 5 nitrogen and oxygen atoms in total. The van der Waals surface area contributed by atoms with Crippen LogP contribution in [-0.4, -0.2) is 42.3 Å². The number of rotatable bonds is 6. The number of carbonyl (C=O) groups is 1. The van der Waals surface area contributed by atoms with Crippen LogP contribution in [0.15, 0.2) is 60.7 Å². The molecule has 0 spiro atoms. The summed E-state index contributed by atoms with van der Waals surface area (Å²) in [6, 6.07) is 22.7. The molecule has 0 aromatic heterocycles. The Morgan fingerprint density at radius 2 is 1.67 bits per heavy atom. The Hall–Kier alpha value is -2.84. The van der Waals surface area contributed by atoms with E-state index in [-0.39, 0.29) is 12.1 Å². The largest absolute Gasteiger partial charge is 0.444 e. The van der Waals surface area contributed by atoms with Gasteiger partial charge in [0.1, 0.15) is 11.0 Å². The third kappa shape index (κ3) is 5.40. The van der Waals surface area contributed by atoms with Crippen LogP contribution in [0.5, 0.6) is 0 Å². The van der Waals surface area contributed by atoms with E-state index in [1.807, 2.05) is 81.4 Å². The second kappa shape index (κ2) is 9.32. The number of hydrogen-bond donors (Lipinski definition) is 1. The molecule has 2 aromatic rings. The van der Waals surface area contributed by atoms with Crippen LogP contribution in [0.25, 0.3) is 0 Å². The van der Waals surface area contributed by atoms with E-state index >= 15 is 0 Å². The van der Waals surface area contributed by atoms with E-state index in [0.717, 1.165) is 37.2 Å². The van der Waals surface area contributed by atoms with Crippen LogP contribution in [0, 0.1) is 11.3 Å². The van der Waals surface area contributed by atoms with E-state index in [0.29, 0.717) is 6.42 Å². The Kier molecular flexibility index (Phi) is 6.79. The topological polar surface area (TPSA) is 65.4 Å². The standard InChI is InChI=1S/C25H31N3O2/c1-24(2,3)30-23(29)27-22-14-16-28(18-22)17-15-25(19-26,20-10-6-4-7-11-20)21-12-8-5-9-13-21/h4-13,22H,14-18H2,1-3H3,(H,27,29). The van der Waals surface area contributed by atoms with E-state index in [2.05, 4.69) is 16.3 Å². The zero-order valence-corrected chi connectivity index (χ0v) is 18.1. The van der Waals surface area contributed by atoms with Gasteiger partial charge in [0, 0.05) is 25.7 Å². The minimum Gasteiger partial charge on any atom is -0.444 e. The van der Waals surface area contributed by atoms with Crippen LogP contribution in [0.3, 0.4) is 0 Å².